The van der Waals surface area contributed by atoms with E-state index in [0.717, 1.165) is 40.9 Å². The normalized spacial score (nSPS) is 14.5. The largest absolute Gasteiger partial charge is 0.374 e. The molecule has 9 heteroatoms. The van der Waals surface area contributed by atoms with E-state index in [2.05, 4.69) is 23.0 Å². The van der Waals surface area contributed by atoms with Crippen LogP contribution in [-0.4, -0.2) is 48.3 Å². The Labute approximate surface area is 210 Å². The lowest BCUT2D eigenvalue weighted by atomic mass is 9.89. The fraction of sp³-hybridized carbons (Fsp3) is 0.600. The molecule has 1 aliphatic carbocycles. The van der Waals surface area contributed by atoms with Crippen molar-refractivity contribution >= 4 is 34.1 Å². The number of rotatable bonds is 11. The molecular formula is C25H37ClN4O3S. The molecule has 1 aliphatic rings. The van der Waals surface area contributed by atoms with E-state index in [9.17, 15) is 13.2 Å². The van der Waals surface area contributed by atoms with Crippen molar-refractivity contribution in [3.05, 3.63) is 46.5 Å². The summed E-state index contributed by atoms with van der Waals surface area (Å²) in [5, 5.41) is 0.665. The van der Waals surface area contributed by atoms with Crippen molar-refractivity contribution in [2.24, 2.45) is 5.92 Å². The molecule has 0 radical (unpaired) electrons. The number of nitrogens with zero attached hydrogens (tertiary/aromatic N) is 4. The predicted octanol–water partition coefficient (Wildman–Crippen LogP) is 5.07. The van der Waals surface area contributed by atoms with Crippen LogP contribution in [0, 0.1) is 12.8 Å². The van der Waals surface area contributed by atoms with Crippen LogP contribution in [0.2, 0.25) is 5.02 Å². The molecule has 0 bridgehead atoms. The van der Waals surface area contributed by atoms with Gasteiger partial charge in [0, 0.05) is 37.0 Å². The van der Waals surface area contributed by atoms with Crippen LogP contribution in [0.4, 0.5) is 5.69 Å². The molecule has 1 aromatic carbocycles. The van der Waals surface area contributed by atoms with Crippen LogP contribution in [0.15, 0.2) is 24.4 Å². The van der Waals surface area contributed by atoms with Crippen molar-refractivity contribution in [3.8, 4) is 0 Å². The molecule has 0 unspecified atom stereocenters. The first-order valence-corrected chi connectivity index (χ1v) is 13.8. The third kappa shape index (κ3) is 6.98. The van der Waals surface area contributed by atoms with Gasteiger partial charge in [0.2, 0.25) is 10.9 Å². The van der Waals surface area contributed by atoms with Gasteiger partial charge in [-0.2, -0.15) is 0 Å². The zero-order chi connectivity index (χ0) is 24.7. The first-order valence-electron chi connectivity index (χ1n) is 12.3. The van der Waals surface area contributed by atoms with Crippen LogP contribution < -0.4 is 4.90 Å². The summed E-state index contributed by atoms with van der Waals surface area (Å²) in [6, 6.07) is 6.09. The molecule has 0 saturated heterocycles. The van der Waals surface area contributed by atoms with E-state index in [1.54, 1.807) is 13.1 Å². The van der Waals surface area contributed by atoms with Gasteiger partial charge in [-0.1, -0.05) is 56.7 Å². The van der Waals surface area contributed by atoms with Crippen LogP contribution in [-0.2, 0) is 17.4 Å². The molecule has 34 heavy (non-hydrogen) atoms. The number of halogens is 1. The molecular weight excluding hydrogens is 472 g/mol. The zero-order valence-corrected chi connectivity index (χ0v) is 22.2. The maximum atomic E-state index is 12.8. The van der Waals surface area contributed by atoms with Gasteiger partial charge >= 0.3 is 0 Å². The zero-order valence-electron chi connectivity index (χ0n) is 20.5. The van der Waals surface area contributed by atoms with Gasteiger partial charge in [0.05, 0.1) is 6.54 Å². The molecule has 1 aromatic heterocycles. The average molecular weight is 509 g/mol. The standard InChI is InChI=1S/C25H37ClN4O3S/c1-4-5-9-14-30(34(32)33)25(31)24-18-29(19(2)27-24)17-21-12-13-22(15-23(21)26)28(3)16-20-10-7-6-8-11-20/h12-13,15,18,20,34H,4-11,14,16-17H2,1-3H3. The minimum atomic E-state index is -3.01. The Kier molecular flexibility index (Phi) is 9.83. The lowest BCUT2D eigenvalue weighted by molar-refractivity contribution is 0.0858. The van der Waals surface area contributed by atoms with E-state index in [1.807, 2.05) is 23.6 Å². The Morgan fingerprint density at radius 1 is 1.21 bits per heavy atom. The monoisotopic (exact) mass is 508 g/mol. The minimum absolute atomic E-state index is 0.133. The lowest BCUT2D eigenvalue weighted by Crippen LogP contribution is -2.30. The van der Waals surface area contributed by atoms with Gasteiger partial charge in [-0.3, -0.25) is 4.79 Å². The van der Waals surface area contributed by atoms with E-state index in [4.69, 9.17) is 11.6 Å². The Bertz CT molecular complexity index is 1040. The average Bonchev–Trinajstić information content (AvgIpc) is 3.18. The molecule has 0 spiro atoms. The number of carbonyl (C=O) groups excluding carboxylic acids is 1. The molecule has 188 valence electrons. The van der Waals surface area contributed by atoms with Crippen molar-refractivity contribution < 1.29 is 13.2 Å². The van der Waals surface area contributed by atoms with Crippen molar-refractivity contribution in [1.29, 1.82) is 0 Å². The van der Waals surface area contributed by atoms with Crippen LogP contribution in [0.25, 0.3) is 0 Å². The SMILES string of the molecule is CCCCCN(C(=O)c1cn(Cc2ccc(N(C)CC3CCCCC3)cc2Cl)c(C)n1)[SH](=O)=O. The number of amides is 1. The van der Waals surface area contributed by atoms with Crippen molar-refractivity contribution in [2.45, 2.75) is 71.8 Å². The number of benzene rings is 1. The number of aryl methyl sites for hydroxylation is 1. The molecule has 1 heterocycles. The van der Waals surface area contributed by atoms with Gasteiger partial charge in [-0.25, -0.2) is 17.7 Å². The smallest absolute Gasteiger partial charge is 0.287 e. The van der Waals surface area contributed by atoms with Crippen molar-refractivity contribution in [3.63, 3.8) is 0 Å². The number of thiol groups is 1. The minimum Gasteiger partial charge on any atom is -0.374 e. The summed E-state index contributed by atoms with van der Waals surface area (Å²) in [5.74, 6) is 0.792. The summed E-state index contributed by atoms with van der Waals surface area (Å²) >= 11 is 6.64. The summed E-state index contributed by atoms with van der Waals surface area (Å²) in [7, 11) is -0.889. The highest BCUT2D eigenvalue weighted by Gasteiger charge is 2.22. The first-order chi connectivity index (χ1) is 16.3. The van der Waals surface area contributed by atoms with Crippen LogP contribution in [0.5, 0.6) is 0 Å². The van der Waals surface area contributed by atoms with Crippen LogP contribution in [0.3, 0.4) is 0 Å². The highest BCUT2D eigenvalue weighted by molar-refractivity contribution is 7.70. The Balaban J connectivity index is 1.69. The van der Waals surface area contributed by atoms with E-state index in [-0.39, 0.29) is 12.2 Å². The van der Waals surface area contributed by atoms with Crippen molar-refractivity contribution in [2.75, 3.05) is 25.0 Å². The van der Waals surface area contributed by atoms with Gasteiger partial charge in [0.1, 0.15) is 11.5 Å². The number of unbranched alkanes of at least 4 members (excludes halogenated alkanes) is 2. The topological polar surface area (TPSA) is 75.5 Å². The van der Waals surface area contributed by atoms with E-state index < -0.39 is 16.8 Å². The van der Waals surface area contributed by atoms with Crippen molar-refractivity contribution in [1.82, 2.24) is 13.9 Å². The third-order valence-electron chi connectivity index (χ3n) is 6.68. The van der Waals surface area contributed by atoms with Gasteiger partial charge in [0.15, 0.2) is 0 Å². The highest BCUT2D eigenvalue weighted by atomic mass is 35.5. The Morgan fingerprint density at radius 2 is 1.94 bits per heavy atom. The predicted molar refractivity (Wildman–Crippen MR) is 138 cm³/mol. The summed E-state index contributed by atoms with van der Waals surface area (Å²) in [5.41, 5.74) is 2.15. The molecule has 0 aliphatic heterocycles. The van der Waals surface area contributed by atoms with Gasteiger partial charge < -0.3 is 9.47 Å². The summed E-state index contributed by atoms with van der Waals surface area (Å²) in [4.78, 5) is 19.4. The Hall–Kier alpha value is -2.06. The van der Waals surface area contributed by atoms with Crippen LogP contribution >= 0.6 is 11.6 Å². The summed E-state index contributed by atoms with van der Waals surface area (Å²) in [6.45, 7) is 5.50. The van der Waals surface area contributed by atoms with E-state index in [1.165, 1.54) is 32.1 Å². The molecule has 1 fully saturated rings. The number of hydrogen-bond acceptors (Lipinski definition) is 5. The maximum absolute atomic E-state index is 12.8. The van der Waals surface area contributed by atoms with Gasteiger partial charge in [-0.05, 0) is 49.8 Å². The summed E-state index contributed by atoms with van der Waals surface area (Å²) < 4.78 is 26.0. The second-order valence-electron chi connectivity index (χ2n) is 9.33. The quantitative estimate of drug-likeness (QED) is 0.339. The van der Waals surface area contributed by atoms with E-state index >= 15 is 0 Å². The number of imidazole rings is 1. The fourth-order valence-electron chi connectivity index (χ4n) is 4.62. The molecule has 7 nitrogen and oxygen atoms in total. The first kappa shape index (κ1) is 26.5. The number of anilines is 1. The molecule has 1 saturated carbocycles. The number of aromatic nitrogens is 2. The van der Waals surface area contributed by atoms with Crippen LogP contribution in [0.1, 0.15) is 80.2 Å². The maximum Gasteiger partial charge on any atom is 0.287 e. The highest BCUT2D eigenvalue weighted by Crippen LogP contribution is 2.28. The second-order valence-corrected chi connectivity index (χ2v) is 10.7. The lowest BCUT2D eigenvalue weighted by Gasteiger charge is -2.28. The van der Waals surface area contributed by atoms with Gasteiger partial charge in [-0.15, -0.1) is 0 Å². The Morgan fingerprint density at radius 3 is 2.59 bits per heavy atom. The molecule has 3 rings (SSSR count). The molecule has 1 amide bonds. The second kappa shape index (κ2) is 12.6. The fourth-order valence-corrected chi connectivity index (χ4v) is 5.41. The number of carbonyl (C=O) groups is 1. The van der Waals surface area contributed by atoms with E-state index in [0.29, 0.717) is 23.8 Å². The molecule has 2 aromatic rings. The molecule has 0 atom stereocenters. The third-order valence-corrected chi connectivity index (χ3v) is 7.80. The van der Waals surface area contributed by atoms with Gasteiger partial charge in [0.25, 0.3) is 5.91 Å². The molecule has 0 N–H and O–H groups in total. The number of hydrogen-bond donors (Lipinski definition) is 1. The summed E-state index contributed by atoms with van der Waals surface area (Å²) in [6.07, 6.45) is 10.7.